The van der Waals surface area contributed by atoms with Gasteiger partial charge >= 0.3 is 0 Å². The van der Waals surface area contributed by atoms with Crippen molar-refractivity contribution in [2.24, 2.45) is 0 Å². The number of rotatable bonds is 0. The van der Waals surface area contributed by atoms with Crippen LogP contribution in [0.1, 0.15) is 5.56 Å². The van der Waals surface area contributed by atoms with Crippen LogP contribution in [0.25, 0.3) is 10.1 Å². The number of hydrogen-bond acceptors (Lipinski definition) is 3. The van der Waals surface area contributed by atoms with Gasteiger partial charge in [-0.05, 0) is 12.1 Å². The van der Waals surface area contributed by atoms with Gasteiger partial charge in [-0.15, -0.1) is 0 Å². The zero-order chi connectivity index (χ0) is 9.54. The first kappa shape index (κ1) is 8.00. The third-order valence-corrected chi connectivity index (χ3v) is 3.46. The predicted octanol–water partition coefficient (Wildman–Crippen LogP) is 2.20. The summed E-state index contributed by atoms with van der Waals surface area (Å²) in [4.78, 5) is 11.7. The van der Waals surface area contributed by atoms with Crippen LogP contribution in [-0.2, 0) is 6.42 Å². The molecule has 0 N–H and O–H groups in total. The van der Waals surface area contributed by atoms with Crippen molar-refractivity contribution in [1.82, 2.24) is 0 Å². The highest BCUT2D eigenvalue weighted by molar-refractivity contribution is 7.16. The summed E-state index contributed by atoms with van der Waals surface area (Å²) >= 11 is 1.31. The first-order chi connectivity index (χ1) is 6.86. The molecule has 1 aliphatic rings. The number of benzene rings is 1. The molecule has 1 aromatic heterocycles. The van der Waals surface area contributed by atoms with Crippen LogP contribution >= 0.6 is 11.3 Å². The van der Waals surface area contributed by atoms with E-state index in [1.54, 1.807) is 0 Å². The van der Waals surface area contributed by atoms with Crippen molar-refractivity contribution in [2.75, 3.05) is 6.61 Å². The third kappa shape index (κ3) is 0.990. The largest absolute Gasteiger partial charge is 0.492 e. The van der Waals surface area contributed by atoms with Gasteiger partial charge in [0.25, 0.3) is 0 Å². The Morgan fingerprint density at radius 2 is 2.14 bits per heavy atom. The summed E-state index contributed by atoms with van der Waals surface area (Å²) in [7, 11) is 0. The molecular weight excluding hydrogens is 196 g/mol. The van der Waals surface area contributed by atoms with Gasteiger partial charge in [0.05, 0.1) is 12.2 Å². The molecule has 0 atom stereocenters. The summed E-state index contributed by atoms with van der Waals surface area (Å²) in [5.74, 6) is 0.810. The molecule has 0 amide bonds. The van der Waals surface area contributed by atoms with Crippen LogP contribution in [0.3, 0.4) is 0 Å². The average Bonchev–Trinajstić information content (AvgIpc) is 2.67. The van der Waals surface area contributed by atoms with E-state index in [4.69, 9.17) is 4.74 Å². The lowest BCUT2D eigenvalue weighted by Gasteiger charge is -2.02. The summed E-state index contributed by atoms with van der Waals surface area (Å²) in [6, 6.07) is 7.89. The monoisotopic (exact) mass is 204 g/mol. The molecule has 0 radical (unpaired) electrons. The van der Waals surface area contributed by atoms with Gasteiger partial charge in [0.1, 0.15) is 5.75 Å². The highest BCUT2D eigenvalue weighted by Crippen LogP contribution is 2.32. The zero-order valence-corrected chi connectivity index (χ0v) is 8.26. The molecule has 2 heterocycles. The van der Waals surface area contributed by atoms with Crippen molar-refractivity contribution in [3.8, 4) is 5.75 Å². The Labute approximate surface area is 84.8 Å². The predicted molar refractivity (Wildman–Crippen MR) is 57.3 cm³/mol. The van der Waals surface area contributed by atoms with Crippen molar-refractivity contribution in [2.45, 2.75) is 6.42 Å². The van der Waals surface area contributed by atoms with Crippen LogP contribution in [0.15, 0.2) is 29.1 Å². The van der Waals surface area contributed by atoms with E-state index in [-0.39, 0.29) is 4.74 Å². The van der Waals surface area contributed by atoms with Crippen molar-refractivity contribution >= 4 is 21.4 Å². The first-order valence-corrected chi connectivity index (χ1v) is 5.35. The number of fused-ring (bicyclic) bond motifs is 3. The van der Waals surface area contributed by atoms with Crippen LogP contribution in [0.4, 0.5) is 0 Å². The lowest BCUT2D eigenvalue weighted by molar-refractivity contribution is 0.360. The average molecular weight is 204 g/mol. The molecule has 0 aliphatic carbocycles. The van der Waals surface area contributed by atoms with Gasteiger partial charge in [-0.3, -0.25) is 4.79 Å². The fourth-order valence-electron chi connectivity index (χ4n) is 1.80. The van der Waals surface area contributed by atoms with Crippen molar-refractivity contribution in [1.29, 1.82) is 0 Å². The fourth-order valence-corrected chi connectivity index (χ4v) is 2.73. The maximum atomic E-state index is 11.7. The van der Waals surface area contributed by atoms with Crippen molar-refractivity contribution < 1.29 is 4.74 Å². The van der Waals surface area contributed by atoms with E-state index in [2.05, 4.69) is 0 Å². The lowest BCUT2D eigenvalue weighted by atomic mass is 10.2. The molecule has 0 saturated carbocycles. The van der Waals surface area contributed by atoms with Crippen LogP contribution in [-0.4, -0.2) is 6.61 Å². The molecule has 3 rings (SSSR count). The molecular formula is C11H8O2S. The summed E-state index contributed by atoms with van der Waals surface area (Å²) in [5, 5.41) is 1.07. The topological polar surface area (TPSA) is 26.3 Å². The van der Waals surface area contributed by atoms with Gasteiger partial charge in [-0.2, -0.15) is 0 Å². The summed E-state index contributed by atoms with van der Waals surface area (Å²) < 4.78 is 6.66. The molecule has 0 unspecified atom stereocenters. The maximum Gasteiger partial charge on any atom is 0.239 e. The normalized spacial score (nSPS) is 14.0. The Kier molecular flexibility index (Phi) is 1.61. The van der Waals surface area contributed by atoms with Crippen LogP contribution in [0.2, 0.25) is 0 Å². The Balaban J connectivity index is 2.52. The molecule has 0 fully saturated rings. The molecule has 0 spiro atoms. The van der Waals surface area contributed by atoms with Crippen molar-refractivity contribution in [3.05, 3.63) is 39.4 Å². The SMILES string of the molecule is O=c1sc2ccccc2c2c1CCO2. The smallest absolute Gasteiger partial charge is 0.239 e. The van der Waals surface area contributed by atoms with E-state index in [1.807, 2.05) is 24.3 Å². The van der Waals surface area contributed by atoms with E-state index in [0.717, 1.165) is 27.8 Å². The first-order valence-electron chi connectivity index (χ1n) is 4.54. The highest BCUT2D eigenvalue weighted by atomic mass is 32.1. The molecule has 3 heteroatoms. The van der Waals surface area contributed by atoms with Gasteiger partial charge in [-0.25, -0.2) is 0 Å². The molecule has 1 aliphatic heterocycles. The highest BCUT2D eigenvalue weighted by Gasteiger charge is 2.18. The minimum absolute atomic E-state index is 0.149. The van der Waals surface area contributed by atoms with E-state index >= 15 is 0 Å². The maximum absolute atomic E-state index is 11.7. The summed E-state index contributed by atoms with van der Waals surface area (Å²) in [6.45, 7) is 0.644. The Morgan fingerprint density at radius 3 is 3.07 bits per heavy atom. The summed E-state index contributed by atoms with van der Waals surface area (Å²) in [6.07, 6.45) is 0.759. The second-order valence-corrected chi connectivity index (χ2v) is 4.31. The van der Waals surface area contributed by atoms with Gasteiger partial charge < -0.3 is 4.74 Å². The van der Waals surface area contributed by atoms with Gasteiger partial charge in [0.2, 0.25) is 4.74 Å². The molecule has 2 aromatic rings. The zero-order valence-electron chi connectivity index (χ0n) is 7.45. The van der Waals surface area contributed by atoms with Gasteiger partial charge in [0, 0.05) is 16.5 Å². The van der Waals surface area contributed by atoms with E-state index in [1.165, 1.54) is 11.3 Å². The second kappa shape index (κ2) is 2.82. The Bertz CT molecular complexity index is 557. The lowest BCUT2D eigenvalue weighted by Crippen LogP contribution is -2.00. The van der Waals surface area contributed by atoms with Gasteiger partial charge in [-0.1, -0.05) is 23.5 Å². The summed E-state index contributed by atoms with van der Waals surface area (Å²) in [5.41, 5.74) is 0.855. The van der Waals surface area contributed by atoms with Crippen LogP contribution in [0.5, 0.6) is 5.75 Å². The van der Waals surface area contributed by atoms with E-state index < -0.39 is 0 Å². The minimum Gasteiger partial charge on any atom is -0.492 e. The number of ether oxygens (including phenoxy) is 1. The Morgan fingerprint density at radius 1 is 1.29 bits per heavy atom. The van der Waals surface area contributed by atoms with Crippen LogP contribution in [0, 0.1) is 0 Å². The second-order valence-electron chi connectivity index (χ2n) is 3.29. The Hall–Kier alpha value is -1.35. The van der Waals surface area contributed by atoms with E-state index in [0.29, 0.717) is 6.61 Å². The minimum atomic E-state index is 0.149. The molecule has 14 heavy (non-hydrogen) atoms. The fraction of sp³-hybridized carbons (Fsp3) is 0.182. The third-order valence-electron chi connectivity index (χ3n) is 2.45. The molecule has 2 nitrogen and oxygen atoms in total. The quantitative estimate of drug-likeness (QED) is 0.657. The molecule has 70 valence electrons. The van der Waals surface area contributed by atoms with Crippen molar-refractivity contribution in [3.63, 3.8) is 0 Å². The standard InChI is InChI=1S/C11H8O2S/c12-11-8-5-6-13-10(8)7-3-1-2-4-9(7)14-11/h1-4H,5-6H2. The van der Waals surface area contributed by atoms with Crippen LogP contribution < -0.4 is 9.48 Å². The molecule has 0 saturated heterocycles. The van der Waals surface area contributed by atoms with Gasteiger partial charge in [0.15, 0.2) is 0 Å². The van der Waals surface area contributed by atoms with E-state index in [9.17, 15) is 4.79 Å². The molecule has 0 bridgehead atoms. The number of hydrogen-bond donors (Lipinski definition) is 0. The molecule has 1 aromatic carbocycles.